The van der Waals surface area contributed by atoms with Gasteiger partial charge in [0.05, 0.1) is 23.9 Å². The number of nitrogens with zero attached hydrogens (tertiary/aromatic N) is 3. The number of carboxylic acid groups (broad SMARTS) is 1. The molecule has 2 amide bonds. The monoisotopic (exact) mass is 507 g/mol. The number of aromatic carboxylic acids is 1. The molecule has 0 aliphatic carbocycles. The van der Waals surface area contributed by atoms with Crippen LogP contribution in [-0.2, 0) is 11.8 Å². The number of ether oxygens (including phenoxy) is 1. The number of aryl methyl sites for hydroxylation is 1. The van der Waals surface area contributed by atoms with Crippen LogP contribution in [0, 0.1) is 11.6 Å². The Labute approximate surface area is 226 Å². The van der Waals surface area contributed by atoms with Gasteiger partial charge in [-0.1, -0.05) is 18.2 Å². The number of amides is 2. The van der Waals surface area contributed by atoms with Crippen molar-refractivity contribution < 1.29 is 48.5 Å². The fourth-order valence-corrected chi connectivity index (χ4v) is 4.34. The third kappa shape index (κ3) is 6.75. The number of carbonyl (C=O) groups excluding carboxylic acids is 1. The van der Waals surface area contributed by atoms with E-state index in [9.17, 15) is 18.4 Å². The number of hydrogen-bond acceptors (Lipinski definition) is 5. The number of rotatable bonds is 8. The molecule has 0 bridgehead atoms. The van der Waals surface area contributed by atoms with Crippen LogP contribution in [0.4, 0.5) is 19.4 Å². The molecule has 0 radical (unpaired) electrons. The largest absolute Gasteiger partial charge is 1.00 e. The van der Waals surface area contributed by atoms with Crippen LogP contribution in [0.3, 0.4) is 0 Å². The van der Waals surface area contributed by atoms with Crippen molar-refractivity contribution in [1.82, 2.24) is 20.0 Å². The number of benzene rings is 2. The van der Waals surface area contributed by atoms with Crippen LogP contribution in [0.1, 0.15) is 23.3 Å². The number of halogens is 2. The maximum absolute atomic E-state index is 13.9. The average molecular weight is 507 g/mol. The minimum absolute atomic E-state index is 0. The quantitative estimate of drug-likeness (QED) is 0.382. The molecule has 2 aromatic carbocycles. The van der Waals surface area contributed by atoms with Gasteiger partial charge in [0.1, 0.15) is 5.82 Å². The molecule has 37 heavy (non-hydrogen) atoms. The number of carbonyl (C=O) groups is 2. The number of anilines is 1. The summed E-state index contributed by atoms with van der Waals surface area (Å²) in [6.07, 6.45) is 0. The van der Waals surface area contributed by atoms with Gasteiger partial charge in [-0.2, -0.15) is 5.10 Å². The van der Waals surface area contributed by atoms with Gasteiger partial charge in [-0.25, -0.2) is 18.4 Å². The molecule has 4 rings (SSSR count). The third-order valence-corrected chi connectivity index (χ3v) is 6.24. The van der Waals surface area contributed by atoms with Gasteiger partial charge in [0.2, 0.25) is 0 Å². The molecule has 3 N–H and O–H groups in total. The van der Waals surface area contributed by atoms with Crippen LogP contribution in [-0.4, -0.2) is 71.2 Å². The van der Waals surface area contributed by atoms with E-state index in [-0.39, 0.29) is 37.8 Å². The number of urea groups is 1. The van der Waals surface area contributed by atoms with Gasteiger partial charge in [0, 0.05) is 51.3 Å². The summed E-state index contributed by atoms with van der Waals surface area (Å²) in [7, 11) is 3.28. The number of hydrogen-bond donors (Lipinski definition) is 3. The molecule has 1 aliphatic heterocycles. The van der Waals surface area contributed by atoms with Gasteiger partial charge in [-0.15, -0.1) is 0 Å². The summed E-state index contributed by atoms with van der Waals surface area (Å²) in [4.78, 5) is 26.1. The molecule has 192 valence electrons. The van der Waals surface area contributed by atoms with Crippen molar-refractivity contribution in [3.63, 3.8) is 0 Å². The molecule has 1 fully saturated rings. The number of aromatic nitrogens is 2. The van der Waals surface area contributed by atoms with E-state index in [2.05, 4.69) is 20.6 Å². The number of carboxylic acids is 1. The Balaban J connectivity index is 0.00000253. The zero-order valence-corrected chi connectivity index (χ0v) is 20.9. The first-order valence-electron chi connectivity index (χ1n) is 11.4. The van der Waals surface area contributed by atoms with E-state index in [0.717, 1.165) is 6.07 Å². The maximum atomic E-state index is 13.9. The SMILES string of the molecule is COCCN1C[C@@H](NC(=O)Nc2cc(-c3ccc(C(=O)O)cc3)nn2C)[C@H](c2ccc(F)c(F)c2)C1.[H-].[Li+]. The van der Waals surface area contributed by atoms with Gasteiger partial charge in [0.15, 0.2) is 11.6 Å². The minimum Gasteiger partial charge on any atom is -1.00 e. The molecule has 2 heterocycles. The van der Waals surface area contributed by atoms with E-state index in [1.54, 1.807) is 38.4 Å². The first kappa shape index (κ1) is 28.3. The van der Waals surface area contributed by atoms with E-state index in [4.69, 9.17) is 9.84 Å². The second kappa shape index (κ2) is 12.3. The summed E-state index contributed by atoms with van der Waals surface area (Å²) in [6, 6.07) is 11.0. The van der Waals surface area contributed by atoms with E-state index in [1.165, 1.54) is 22.9 Å². The molecule has 12 heteroatoms. The van der Waals surface area contributed by atoms with Crippen molar-refractivity contribution in [2.45, 2.75) is 12.0 Å². The van der Waals surface area contributed by atoms with Gasteiger partial charge < -0.3 is 16.6 Å². The number of methoxy groups -OCH3 is 1. The number of likely N-dealkylation sites (tertiary alicyclic amines) is 1. The van der Waals surface area contributed by atoms with Crippen molar-refractivity contribution in [1.29, 1.82) is 0 Å². The first-order chi connectivity index (χ1) is 17.2. The Morgan fingerprint density at radius 2 is 1.86 bits per heavy atom. The summed E-state index contributed by atoms with van der Waals surface area (Å²) in [5.74, 6) is -2.67. The summed E-state index contributed by atoms with van der Waals surface area (Å²) >= 11 is 0. The average Bonchev–Trinajstić information content (AvgIpc) is 3.42. The molecule has 3 aromatic rings. The molecular formula is C25H28F2LiN5O4. The van der Waals surface area contributed by atoms with Crippen LogP contribution in [0.5, 0.6) is 0 Å². The normalized spacial score (nSPS) is 17.3. The summed E-state index contributed by atoms with van der Waals surface area (Å²) in [6.45, 7) is 2.23. The Bertz CT molecular complexity index is 1260. The van der Waals surface area contributed by atoms with Crippen molar-refractivity contribution in [3.05, 3.63) is 71.3 Å². The zero-order chi connectivity index (χ0) is 25.8. The number of nitrogens with one attached hydrogen (secondary N) is 2. The van der Waals surface area contributed by atoms with Gasteiger partial charge in [-0.05, 0) is 29.8 Å². The Morgan fingerprint density at radius 3 is 2.51 bits per heavy atom. The van der Waals surface area contributed by atoms with Crippen LogP contribution in [0.15, 0.2) is 48.5 Å². The van der Waals surface area contributed by atoms with Crippen molar-refractivity contribution in [2.75, 3.05) is 38.7 Å². The standard InChI is InChI=1S/C25H27F2N5O4.Li.H/c1-31-23(12-21(30-31)15-3-5-16(6-4-15)24(33)34)29-25(35)28-22-14-32(9-10-36-2)13-18(22)17-7-8-19(26)20(27)11-17;;/h3-8,11-12,18,22H,9-10,13-14H2,1-2H3,(H,33,34)(H2,28,29,35);;/q;+1;-1/t18-,22+;;/m0../s1. The predicted octanol–water partition coefficient (Wildman–Crippen LogP) is 0.416. The molecule has 1 aromatic heterocycles. The van der Waals surface area contributed by atoms with Crippen molar-refractivity contribution in [2.24, 2.45) is 7.05 Å². The van der Waals surface area contributed by atoms with Crippen LogP contribution in [0.2, 0.25) is 0 Å². The topological polar surface area (TPSA) is 109 Å². The molecule has 0 spiro atoms. The first-order valence-corrected chi connectivity index (χ1v) is 11.4. The third-order valence-electron chi connectivity index (χ3n) is 6.24. The second-order valence-electron chi connectivity index (χ2n) is 8.66. The fourth-order valence-electron chi connectivity index (χ4n) is 4.34. The minimum atomic E-state index is -1.02. The van der Waals surface area contributed by atoms with Crippen LogP contribution in [0.25, 0.3) is 11.3 Å². The van der Waals surface area contributed by atoms with Crippen LogP contribution >= 0.6 is 0 Å². The molecule has 2 atom stereocenters. The molecule has 1 aliphatic rings. The van der Waals surface area contributed by atoms with Gasteiger partial charge >= 0.3 is 30.9 Å². The van der Waals surface area contributed by atoms with E-state index in [0.29, 0.717) is 48.9 Å². The van der Waals surface area contributed by atoms with Crippen LogP contribution < -0.4 is 29.5 Å². The second-order valence-corrected chi connectivity index (χ2v) is 8.66. The molecule has 0 saturated carbocycles. The smallest absolute Gasteiger partial charge is 1.00 e. The summed E-state index contributed by atoms with van der Waals surface area (Å²) in [5.41, 5.74) is 2.04. The van der Waals surface area contributed by atoms with Crippen molar-refractivity contribution in [3.8, 4) is 11.3 Å². The van der Waals surface area contributed by atoms with E-state index in [1.807, 2.05) is 0 Å². The van der Waals surface area contributed by atoms with E-state index >= 15 is 0 Å². The maximum Gasteiger partial charge on any atom is 1.00 e. The fraction of sp³-hybridized carbons (Fsp3) is 0.320. The molecular weight excluding hydrogens is 479 g/mol. The molecule has 0 unspecified atom stereocenters. The summed E-state index contributed by atoms with van der Waals surface area (Å²) < 4.78 is 34.1. The van der Waals surface area contributed by atoms with Gasteiger partial charge in [-0.3, -0.25) is 14.9 Å². The Kier molecular flexibility index (Phi) is 9.45. The Morgan fingerprint density at radius 1 is 1.14 bits per heavy atom. The summed E-state index contributed by atoms with van der Waals surface area (Å²) in [5, 5.41) is 19.2. The Hall–Kier alpha value is -3.23. The zero-order valence-electron chi connectivity index (χ0n) is 21.9. The van der Waals surface area contributed by atoms with E-state index < -0.39 is 23.6 Å². The molecule has 1 saturated heterocycles. The predicted molar refractivity (Wildman–Crippen MR) is 130 cm³/mol. The van der Waals surface area contributed by atoms with Crippen molar-refractivity contribution >= 4 is 17.8 Å². The van der Waals surface area contributed by atoms with Gasteiger partial charge in [0.25, 0.3) is 0 Å². The molecule has 9 nitrogen and oxygen atoms in total.